The van der Waals surface area contributed by atoms with E-state index in [-0.39, 0.29) is 24.8 Å². The van der Waals surface area contributed by atoms with Crippen LogP contribution in [0.1, 0.15) is 22.3 Å². The highest BCUT2D eigenvalue weighted by Gasteiger charge is 2.35. The van der Waals surface area contributed by atoms with Gasteiger partial charge in [0.15, 0.2) is 0 Å². The minimum atomic E-state index is -4.71. The Hall–Kier alpha value is -3.47. The van der Waals surface area contributed by atoms with E-state index in [4.69, 9.17) is 9.79 Å². The van der Waals surface area contributed by atoms with Gasteiger partial charge in [0.1, 0.15) is 11.4 Å². The van der Waals surface area contributed by atoms with Crippen molar-refractivity contribution in [2.24, 2.45) is 0 Å². The Morgan fingerprint density at radius 1 is 1.12 bits per heavy atom. The Bertz CT molecular complexity index is 1300. The molecule has 2 heterocycles. The topological polar surface area (TPSA) is 136 Å². The van der Waals surface area contributed by atoms with Gasteiger partial charge in [0.25, 0.3) is 0 Å². The smallest absolute Gasteiger partial charge is 0.365 e. The maximum absolute atomic E-state index is 13.5. The highest BCUT2D eigenvalue weighted by Crippen LogP contribution is 2.39. The highest BCUT2D eigenvalue weighted by atomic mass is 31.2. The molecule has 178 valence electrons. The monoisotopic (exact) mass is 493 g/mol. The number of nitrogens with one attached hydrogen (secondary N) is 3. The number of carbonyl (C=O) groups excluding carboxylic acids is 1. The van der Waals surface area contributed by atoms with Gasteiger partial charge in [-0.25, -0.2) is 4.98 Å². The summed E-state index contributed by atoms with van der Waals surface area (Å²) in [6.45, 7) is -0.0683. The van der Waals surface area contributed by atoms with Crippen molar-refractivity contribution in [3.63, 3.8) is 0 Å². The second kappa shape index (κ2) is 9.05. The average Bonchev–Trinajstić information content (AvgIpc) is 3.10. The van der Waals surface area contributed by atoms with Crippen molar-refractivity contribution in [3.05, 3.63) is 70.9 Å². The molecule has 0 atom stereocenters. The first-order chi connectivity index (χ1) is 16.0. The van der Waals surface area contributed by atoms with Crippen molar-refractivity contribution >= 4 is 36.6 Å². The molecule has 9 nitrogen and oxygen atoms in total. The lowest BCUT2D eigenvalue weighted by molar-refractivity contribution is -0.137. The molecule has 1 amide bonds. The van der Waals surface area contributed by atoms with Crippen LogP contribution in [0.25, 0.3) is 0 Å². The Morgan fingerprint density at radius 2 is 1.88 bits per heavy atom. The van der Waals surface area contributed by atoms with E-state index in [1.165, 1.54) is 12.1 Å². The van der Waals surface area contributed by atoms with Gasteiger partial charge >= 0.3 is 13.8 Å². The Kier molecular flexibility index (Phi) is 6.30. The van der Waals surface area contributed by atoms with Crippen molar-refractivity contribution in [1.29, 1.82) is 0 Å². The summed E-state index contributed by atoms with van der Waals surface area (Å²) in [6, 6.07) is 11.2. The van der Waals surface area contributed by atoms with Crippen molar-refractivity contribution in [2.75, 3.05) is 16.0 Å². The number of anilines is 4. The number of rotatable bonds is 7. The molecule has 34 heavy (non-hydrogen) atoms. The molecule has 1 aliphatic rings. The van der Waals surface area contributed by atoms with Gasteiger partial charge < -0.3 is 25.7 Å². The van der Waals surface area contributed by atoms with Gasteiger partial charge in [0, 0.05) is 24.1 Å². The minimum Gasteiger partial charge on any atom is -0.365 e. The Morgan fingerprint density at radius 3 is 2.62 bits per heavy atom. The third-order valence-corrected chi connectivity index (χ3v) is 5.70. The van der Waals surface area contributed by atoms with E-state index in [2.05, 4.69) is 25.9 Å². The molecule has 0 fully saturated rings. The number of hydrogen-bond donors (Lipinski definition) is 5. The van der Waals surface area contributed by atoms with Crippen LogP contribution in [0.3, 0.4) is 0 Å². The number of carbonyl (C=O) groups is 1. The van der Waals surface area contributed by atoms with Crippen LogP contribution in [0.4, 0.5) is 36.3 Å². The summed E-state index contributed by atoms with van der Waals surface area (Å²) in [5.74, 6) is -0.680. The molecule has 0 spiro atoms. The number of nitrogens with zero attached hydrogens (tertiary/aromatic N) is 2. The van der Waals surface area contributed by atoms with Gasteiger partial charge in [-0.15, -0.1) is 0 Å². The molecule has 0 saturated heterocycles. The predicted molar refractivity (Wildman–Crippen MR) is 119 cm³/mol. The first kappa shape index (κ1) is 23.7. The van der Waals surface area contributed by atoms with Gasteiger partial charge in [0.05, 0.1) is 12.6 Å². The molecular weight excluding hydrogens is 474 g/mol. The normalized spacial score (nSPS) is 13.4. The van der Waals surface area contributed by atoms with Crippen LogP contribution in [0.5, 0.6) is 0 Å². The minimum absolute atomic E-state index is 0.0683. The van der Waals surface area contributed by atoms with Crippen LogP contribution in [-0.4, -0.2) is 25.7 Å². The van der Waals surface area contributed by atoms with Gasteiger partial charge in [0.2, 0.25) is 11.9 Å². The third-order valence-electron chi connectivity index (χ3n) is 4.92. The number of halogens is 3. The zero-order valence-electron chi connectivity index (χ0n) is 17.4. The SMILES string of the molecule is O=C1Cc2cc(Nc3ncc(C(F)(F)F)c(NCc4cccc(CP(=O)(O)O)c4)n3)ccc2N1. The molecule has 5 N–H and O–H groups in total. The maximum atomic E-state index is 13.5. The van der Waals surface area contributed by atoms with Crippen LogP contribution in [0.2, 0.25) is 0 Å². The fourth-order valence-electron chi connectivity index (χ4n) is 3.48. The molecule has 0 aliphatic carbocycles. The Balaban J connectivity index is 1.55. The number of hydrogen-bond acceptors (Lipinski definition) is 6. The number of alkyl halides is 3. The van der Waals surface area contributed by atoms with Crippen LogP contribution in [0.15, 0.2) is 48.7 Å². The van der Waals surface area contributed by atoms with E-state index in [1.54, 1.807) is 30.3 Å². The van der Waals surface area contributed by atoms with E-state index in [0.29, 0.717) is 28.7 Å². The van der Waals surface area contributed by atoms with Crippen LogP contribution < -0.4 is 16.0 Å². The molecular formula is C21H19F3N5O4P. The molecule has 0 bridgehead atoms. The molecule has 1 aromatic heterocycles. The fourth-order valence-corrected chi connectivity index (χ4v) is 4.15. The van der Waals surface area contributed by atoms with E-state index >= 15 is 0 Å². The fraction of sp³-hybridized carbons (Fsp3) is 0.190. The molecule has 0 unspecified atom stereocenters. The lowest BCUT2D eigenvalue weighted by Gasteiger charge is -2.15. The van der Waals surface area contributed by atoms with Crippen LogP contribution in [0, 0.1) is 0 Å². The Labute approximate surface area is 191 Å². The van der Waals surface area contributed by atoms with E-state index in [0.717, 1.165) is 5.56 Å². The van der Waals surface area contributed by atoms with Crippen LogP contribution in [-0.2, 0) is 34.7 Å². The van der Waals surface area contributed by atoms with E-state index < -0.39 is 31.3 Å². The van der Waals surface area contributed by atoms with Crippen molar-refractivity contribution < 1.29 is 32.3 Å². The average molecular weight is 493 g/mol. The lowest BCUT2D eigenvalue weighted by Crippen LogP contribution is -2.14. The maximum Gasteiger partial charge on any atom is 0.421 e. The second-order valence-corrected chi connectivity index (χ2v) is 9.32. The van der Waals surface area contributed by atoms with Crippen molar-refractivity contribution in [3.8, 4) is 0 Å². The summed E-state index contributed by atoms with van der Waals surface area (Å²) in [6.07, 6.45) is -4.31. The van der Waals surface area contributed by atoms with Crippen molar-refractivity contribution in [2.45, 2.75) is 25.3 Å². The highest BCUT2D eigenvalue weighted by molar-refractivity contribution is 7.50. The standard InChI is InChI=1S/C21H19F3N5O4P/c22-21(23,24)16-10-26-20(27-15-4-5-17-14(7-15)8-18(30)28-17)29-19(16)25-9-12-2-1-3-13(6-12)11-34(31,32)33/h1-7,10H,8-9,11H2,(H,28,30)(H2,31,32,33)(H2,25,26,27,29). The summed E-state index contributed by atoms with van der Waals surface area (Å²) in [7, 11) is -4.28. The predicted octanol–water partition coefficient (Wildman–Crippen LogP) is 4.02. The first-order valence-electron chi connectivity index (χ1n) is 9.96. The molecule has 13 heteroatoms. The number of fused-ring (bicyclic) bond motifs is 1. The molecule has 0 saturated carbocycles. The lowest BCUT2D eigenvalue weighted by atomic mass is 10.1. The quantitative estimate of drug-likeness (QED) is 0.312. The van der Waals surface area contributed by atoms with E-state index in [9.17, 15) is 22.5 Å². The van der Waals surface area contributed by atoms with E-state index in [1.807, 2.05) is 0 Å². The number of amides is 1. The van der Waals surface area contributed by atoms with Crippen LogP contribution >= 0.6 is 7.60 Å². The van der Waals surface area contributed by atoms with Gasteiger partial charge in [-0.05, 0) is 34.9 Å². The van der Waals surface area contributed by atoms with Gasteiger partial charge in [-0.3, -0.25) is 9.36 Å². The van der Waals surface area contributed by atoms with Gasteiger partial charge in [-0.1, -0.05) is 24.3 Å². The summed E-state index contributed by atoms with van der Waals surface area (Å²) in [5, 5.41) is 8.18. The first-order valence-corrected chi connectivity index (χ1v) is 11.8. The molecule has 0 radical (unpaired) electrons. The molecule has 4 rings (SSSR count). The number of benzene rings is 2. The van der Waals surface area contributed by atoms with Gasteiger partial charge in [-0.2, -0.15) is 18.2 Å². The third kappa shape index (κ3) is 5.90. The zero-order chi connectivity index (χ0) is 24.5. The zero-order valence-corrected chi connectivity index (χ0v) is 18.3. The largest absolute Gasteiger partial charge is 0.421 e. The molecule has 3 aromatic rings. The summed E-state index contributed by atoms with van der Waals surface area (Å²) < 4.78 is 51.7. The summed E-state index contributed by atoms with van der Waals surface area (Å²) in [5.41, 5.74) is 1.74. The summed E-state index contributed by atoms with van der Waals surface area (Å²) in [4.78, 5) is 37.5. The number of aromatic nitrogens is 2. The molecule has 1 aliphatic heterocycles. The summed E-state index contributed by atoms with van der Waals surface area (Å²) >= 11 is 0. The molecule has 2 aromatic carbocycles. The van der Waals surface area contributed by atoms with Crippen molar-refractivity contribution in [1.82, 2.24) is 9.97 Å². The second-order valence-electron chi connectivity index (χ2n) is 7.67.